The average molecular weight is 496 g/mol. The predicted molar refractivity (Wildman–Crippen MR) is 137 cm³/mol. The van der Waals surface area contributed by atoms with Crippen molar-refractivity contribution in [2.75, 3.05) is 45.7 Å². The van der Waals surface area contributed by atoms with Crippen LogP contribution >= 0.6 is 11.8 Å². The summed E-state index contributed by atoms with van der Waals surface area (Å²) in [7, 11) is 1.66. The fourth-order valence-electron chi connectivity index (χ4n) is 4.08. The zero-order chi connectivity index (χ0) is 24.6. The van der Waals surface area contributed by atoms with Gasteiger partial charge in [-0.3, -0.25) is 14.3 Å². The summed E-state index contributed by atoms with van der Waals surface area (Å²) in [5, 5.41) is 12.1. The monoisotopic (exact) mass is 495 g/mol. The fourth-order valence-corrected chi connectivity index (χ4v) is 4.84. The molecule has 3 aromatic rings. The number of ether oxygens (including phenoxy) is 2. The number of hydrogen-bond donors (Lipinski definition) is 1. The minimum Gasteiger partial charge on any atom is -0.497 e. The van der Waals surface area contributed by atoms with Crippen LogP contribution in [-0.2, 0) is 9.53 Å². The Morgan fingerprint density at radius 2 is 1.77 bits per heavy atom. The number of nitrogens with zero attached hydrogens (tertiary/aromatic N) is 4. The van der Waals surface area contributed by atoms with E-state index >= 15 is 0 Å². The first-order valence-corrected chi connectivity index (χ1v) is 12.9. The van der Waals surface area contributed by atoms with Gasteiger partial charge in [-0.05, 0) is 41.3 Å². The van der Waals surface area contributed by atoms with Crippen LogP contribution in [0.15, 0.2) is 60.0 Å². The molecule has 1 saturated heterocycles. The van der Waals surface area contributed by atoms with Crippen LogP contribution in [0.4, 0.5) is 0 Å². The number of hydrogen-bond acceptors (Lipinski definition) is 7. The number of aromatic nitrogens is 3. The number of rotatable bonds is 10. The maximum atomic E-state index is 12.8. The third kappa shape index (κ3) is 6.62. The largest absolute Gasteiger partial charge is 0.497 e. The van der Waals surface area contributed by atoms with Gasteiger partial charge < -0.3 is 14.8 Å². The molecule has 1 aliphatic rings. The first-order chi connectivity index (χ1) is 17.0. The first-order valence-electron chi connectivity index (χ1n) is 11.9. The molecule has 0 bridgehead atoms. The third-order valence-electron chi connectivity index (χ3n) is 6.17. The Hall–Kier alpha value is -2.88. The molecule has 4 rings (SSSR count). The van der Waals surface area contributed by atoms with Crippen molar-refractivity contribution in [2.24, 2.45) is 0 Å². The molecule has 1 aliphatic heterocycles. The zero-order valence-corrected chi connectivity index (χ0v) is 21.3. The van der Waals surface area contributed by atoms with Gasteiger partial charge in [0.2, 0.25) is 5.91 Å². The smallest absolute Gasteiger partial charge is 0.230 e. The van der Waals surface area contributed by atoms with E-state index in [1.807, 2.05) is 16.7 Å². The lowest BCUT2D eigenvalue weighted by Crippen LogP contribution is -2.44. The standard InChI is InChI=1S/C26H33N5O3S/c1-19(2)20-4-8-22(9-5-20)31-18-28-29-26(31)35-17-25(32)27-16-24(30-12-14-34-15-13-30)21-6-10-23(33-3)11-7-21/h4-11,18-19,24H,12-17H2,1-3H3,(H,27,32). The van der Waals surface area contributed by atoms with Gasteiger partial charge in [0.05, 0.1) is 32.1 Å². The van der Waals surface area contributed by atoms with Crippen molar-refractivity contribution in [1.29, 1.82) is 0 Å². The zero-order valence-electron chi connectivity index (χ0n) is 20.5. The van der Waals surface area contributed by atoms with Crippen LogP contribution < -0.4 is 10.1 Å². The number of benzene rings is 2. The molecule has 186 valence electrons. The highest BCUT2D eigenvalue weighted by Crippen LogP contribution is 2.25. The first kappa shape index (κ1) is 25.2. The normalized spacial score (nSPS) is 15.2. The number of amides is 1. The molecule has 0 saturated carbocycles. The second-order valence-electron chi connectivity index (χ2n) is 8.76. The summed E-state index contributed by atoms with van der Waals surface area (Å²) >= 11 is 1.38. The van der Waals surface area contributed by atoms with Gasteiger partial charge in [-0.1, -0.05) is 49.9 Å². The molecule has 35 heavy (non-hydrogen) atoms. The highest BCUT2D eigenvalue weighted by molar-refractivity contribution is 7.99. The summed E-state index contributed by atoms with van der Waals surface area (Å²) in [4.78, 5) is 15.1. The topological polar surface area (TPSA) is 81.5 Å². The van der Waals surface area contributed by atoms with Crippen molar-refractivity contribution < 1.29 is 14.3 Å². The van der Waals surface area contributed by atoms with Gasteiger partial charge in [0, 0.05) is 25.3 Å². The highest BCUT2D eigenvalue weighted by Gasteiger charge is 2.23. The molecule has 1 unspecified atom stereocenters. The quantitative estimate of drug-likeness (QED) is 0.430. The van der Waals surface area contributed by atoms with E-state index in [4.69, 9.17) is 9.47 Å². The Morgan fingerprint density at radius 3 is 2.43 bits per heavy atom. The minimum atomic E-state index is -0.0357. The van der Waals surface area contributed by atoms with Crippen molar-refractivity contribution in [1.82, 2.24) is 25.0 Å². The third-order valence-corrected chi connectivity index (χ3v) is 7.11. The van der Waals surface area contributed by atoms with Crippen LogP contribution in [0.25, 0.3) is 5.69 Å². The molecule has 1 aromatic heterocycles. The van der Waals surface area contributed by atoms with Gasteiger partial charge in [0.15, 0.2) is 5.16 Å². The lowest BCUT2D eigenvalue weighted by atomic mass is 10.0. The second-order valence-corrected chi connectivity index (χ2v) is 9.70. The maximum Gasteiger partial charge on any atom is 0.230 e. The van der Waals surface area contributed by atoms with Crippen LogP contribution in [0, 0.1) is 0 Å². The molecular weight excluding hydrogens is 462 g/mol. The summed E-state index contributed by atoms with van der Waals surface area (Å²) in [5.41, 5.74) is 3.40. The SMILES string of the molecule is COc1ccc(C(CNC(=O)CSc2nncn2-c2ccc(C(C)C)cc2)N2CCOCC2)cc1. The fraction of sp³-hybridized carbons (Fsp3) is 0.423. The second kappa shape index (κ2) is 12.2. The molecule has 1 fully saturated rings. The molecule has 9 heteroatoms. The molecule has 0 spiro atoms. The van der Waals surface area contributed by atoms with Crippen LogP contribution in [0.1, 0.15) is 36.9 Å². The Balaban J connectivity index is 1.36. The number of morpholine rings is 1. The predicted octanol–water partition coefficient (Wildman–Crippen LogP) is 3.68. The van der Waals surface area contributed by atoms with Crippen LogP contribution in [0.5, 0.6) is 5.75 Å². The Bertz CT molecular complexity index is 1080. The number of thioether (sulfide) groups is 1. The van der Waals surface area contributed by atoms with Crippen molar-refractivity contribution in [3.8, 4) is 11.4 Å². The van der Waals surface area contributed by atoms with E-state index in [-0.39, 0.29) is 17.7 Å². The van der Waals surface area contributed by atoms with Gasteiger partial charge in [-0.2, -0.15) is 0 Å². The molecule has 2 aromatic carbocycles. The lowest BCUT2D eigenvalue weighted by molar-refractivity contribution is -0.118. The van der Waals surface area contributed by atoms with Crippen LogP contribution in [-0.4, -0.2) is 71.3 Å². The molecule has 0 radical (unpaired) electrons. The van der Waals surface area contributed by atoms with Crippen molar-refractivity contribution in [2.45, 2.75) is 31.0 Å². The summed E-state index contributed by atoms with van der Waals surface area (Å²) < 4.78 is 12.7. The number of methoxy groups -OCH3 is 1. The van der Waals surface area contributed by atoms with E-state index in [0.29, 0.717) is 30.8 Å². The van der Waals surface area contributed by atoms with E-state index in [1.54, 1.807) is 13.4 Å². The van der Waals surface area contributed by atoms with Crippen molar-refractivity contribution in [3.63, 3.8) is 0 Å². The molecular formula is C26H33N5O3S. The summed E-state index contributed by atoms with van der Waals surface area (Å²) in [6.07, 6.45) is 1.68. The highest BCUT2D eigenvalue weighted by atomic mass is 32.2. The molecule has 1 atom stereocenters. The van der Waals surface area contributed by atoms with E-state index in [0.717, 1.165) is 30.1 Å². The maximum absolute atomic E-state index is 12.8. The van der Waals surface area contributed by atoms with Crippen molar-refractivity contribution in [3.05, 3.63) is 66.0 Å². The number of carbonyl (C=O) groups is 1. The summed E-state index contributed by atoms with van der Waals surface area (Å²) in [6, 6.07) is 16.5. The van der Waals surface area contributed by atoms with E-state index in [1.165, 1.54) is 17.3 Å². The molecule has 0 aliphatic carbocycles. The average Bonchev–Trinajstić information content (AvgIpc) is 3.37. The Morgan fingerprint density at radius 1 is 1.09 bits per heavy atom. The Kier molecular flexibility index (Phi) is 8.79. The lowest BCUT2D eigenvalue weighted by Gasteiger charge is -2.35. The van der Waals surface area contributed by atoms with Gasteiger partial charge in [-0.25, -0.2) is 0 Å². The molecule has 1 amide bonds. The summed E-state index contributed by atoms with van der Waals surface area (Å²) in [5.74, 6) is 1.52. The van der Waals surface area contributed by atoms with Crippen LogP contribution in [0.3, 0.4) is 0 Å². The van der Waals surface area contributed by atoms with Crippen molar-refractivity contribution >= 4 is 17.7 Å². The minimum absolute atomic E-state index is 0.0357. The molecule has 1 N–H and O–H groups in total. The Labute approximate surface area is 211 Å². The van der Waals surface area contributed by atoms with E-state index in [9.17, 15) is 4.79 Å². The summed E-state index contributed by atoms with van der Waals surface area (Å²) in [6.45, 7) is 7.93. The van der Waals surface area contributed by atoms with Crippen LogP contribution in [0.2, 0.25) is 0 Å². The van der Waals surface area contributed by atoms with Gasteiger partial charge in [0.1, 0.15) is 12.1 Å². The number of carbonyl (C=O) groups excluding carboxylic acids is 1. The molecule has 8 nitrogen and oxygen atoms in total. The van der Waals surface area contributed by atoms with Gasteiger partial charge >= 0.3 is 0 Å². The van der Waals surface area contributed by atoms with Gasteiger partial charge in [-0.15, -0.1) is 10.2 Å². The molecule has 2 heterocycles. The van der Waals surface area contributed by atoms with E-state index in [2.05, 4.69) is 70.7 Å². The number of nitrogens with one attached hydrogen (secondary N) is 1. The van der Waals surface area contributed by atoms with Gasteiger partial charge in [0.25, 0.3) is 0 Å². The van der Waals surface area contributed by atoms with E-state index < -0.39 is 0 Å².